The van der Waals surface area contributed by atoms with E-state index in [1.54, 1.807) is 30.3 Å². The number of hydrogen-bond donors (Lipinski definition) is 1. The van der Waals surface area contributed by atoms with Gasteiger partial charge in [-0.2, -0.15) is 0 Å². The highest BCUT2D eigenvalue weighted by molar-refractivity contribution is 7.80. The molecule has 0 atom stereocenters. The molecule has 0 radical (unpaired) electrons. The molecular weight excluding hydrogens is 320 g/mol. The number of thiocarbonyl (C=S) groups is 1. The highest BCUT2D eigenvalue weighted by Crippen LogP contribution is 2.26. The fourth-order valence-electron chi connectivity index (χ4n) is 1.63. The molecule has 0 aliphatic rings. The third-order valence-corrected chi connectivity index (χ3v) is 3.50. The van der Waals surface area contributed by atoms with Gasteiger partial charge >= 0.3 is 0 Å². The first-order chi connectivity index (χ1) is 9.49. The molecule has 6 heteroatoms. The second-order valence-corrected chi connectivity index (χ2v) is 5.26. The molecule has 0 unspecified atom stereocenters. The smallest absolute Gasteiger partial charge is 0.142 e. The van der Waals surface area contributed by atoms with E-state index in [0.29, 0.717) is 21.9 Å². The minimum Gasteiger partial charge on any atom is -0.488 e. The van der Waals surface area contributed by atoms with E-state index in [1.165, 1.54) is 6.07 Å². The summed E-state index contributed by atoms with van der Waals surface area (Å²) in [6.45, 7) is 0.0898. The Kier molecular flexibility index (Phi) is 4.81. The van der Waals surface area contributed by atoms with E-state index in [9.17, 15) is 4.39 Å². The van der Waals surface area contributed by atoms with Crippen LogP contribution in [0.5, 0.6) is 5.75 Å². The third kappa shape index (κ3) is 3.39. The van der Waals surface area contributed by atoms with Crippen molar-refractivity contribution >= 4 is 40.4 Å². The number of benzene rings is 2. The molecule has 0 saturated carbocycles. The van der Waals surface area contributed by atoms with Gasteiger partial charge in [0, 0.05) is 10.6 Å². The molecule has 20 heavy (non-hydrogen) atoms. The lowest BCUT2D eigenvalue weighted by molar-refractivity contribution is 0.305. The van der Waals surface area contributed by atoms with Crippen LogP contribution in [0.15, 0.2) is 36.4 Å². The summed E-state index contributed by atoms with van der Waals surface area (Å²) in [7, 11) is 0. The molecule has 2 nitrogen and oxygen atoms in total. The second kappa shape index (κ2) is 6.39. The number of ether oxygens (including phenoxy) is 1. The first-order valence-electron chi connectivity index (χ1n) is 5.64. The van der Waals surface area contributed by atoms with Crippen LogP contribution in [-0.4, -0.2) is 4.99 Å². The molecular formula is C14H10Cl2FNOS. The van der Waals surface area contributed by atoms with Gasteiger partial charge in [-0.25, -0.2) is 4.39 Å². The standard InChI is InChI=1S/C14H10Cl2FNOS/c15-9-4-5-10(14(18)20)12(6-9)19-7-8-2-1-3-11(17)13(8)16/h1-6H,7H2,(H2,18,20). The number of rotatable bonds is 4. The summed E-state index contributed by atoms with van der Waals surface area (Å²) in [4.78, 5) is 0.196. The van der Waals surface area contributed by atoms with E-state index >= 15 is 0 Å². The van der Waals surface area contributed by atoms with Gasteiger partial charge in [0.25, 0.3) is 0 Å². The molecule has 0 aliphatic heterocycles. The predicted molar refractivity (Wildman–Crippen MR) is 83.1 cm³/mol. The molecule has 0 fully saturated rings. The van der Waals surface area contributed by atoms with Crippen LogP contribution in [0, 0.1) is 5.82 Å². The van der Waals surface area contributed by atoms with Gasteiger partial charge in [0.1, 0.15) is 23.2 Å². The van der Waals surface area contributed by atoms with Crippen LogP contribution in [0.4, 0.5) is 4.39 Å². The van der Waals surface area contributed by atoms with E-state index in [0.717, 1.165) is 0 Å². The minimum atomic E-state index is -0.492. The molecule has 0 spiro atoms. The summed E-state index contributed by atoms with van der Waals surface area (Å²) in [6.07, 6.45) is 0. The zero-order valence-corrected chi connectivity index (χ0v) is 12.5. The summed E-state index contributed by atoms with van der Waals surface area (Å²) < 4.78 is 18.9. The SMILES string of the molecule is NC(=S)c1ccc(Cl)cc1OCc1cccc(F)c1Cl. The Bertz CT molecular complexity index is 664. The maximum absolute atomic E-state index is 13.3. The van der Waals surface area contributed by atoms with E-state index in [1.807, 2.05) is 0 Å². The van der Waals surface area contributed by atoms with Crippen molar-refractivity contribution in [3.8, 4) is 5.75 Å². The van der Waals surface area contributed by atoms with E-state index < -0.39 is 5.82 Å². The zero-order chi connectivity index (χ0) is 14.7. The Morgan fingerprint density at radius 2 is 2.00 bits per heavy atom. The fraction of sp³-hybridized carbons (Fsp3) is 0.0714. The monoisotopic (exact) mass is 329 g/mol. The maximum atomic E-state index is 13.3. The highest BCUT2D eigenvalue weighted by Gasteiger charge is 2.10. The van der Waals surface area contributed by atoms with Gasteiger partial charge in [-0.15, -0.1) is 0 Å². The third-order valence-electron chi connectivity index (χ3n) is 2.62. The lowest BCUT2D eigenvalue weighted by Gasteiger charge is -2.12. The van der Waals surface area contributed by atoms with Crippen LogP contribution in [-0.2, 0) is 6.61 Å². The van der Waals surface area contributed by atoms with Crippen molar-refractivity contribution in [2.75, 3.05) is 0 Å². The molecule has 0 bridgehead atoms. The van der Waals surface area contributed by atoms with Gasteiger partial charge in [-0.3, -0.25) is 0 Å². The van der Waals surface area contributed by atoms with Crippen LogP contribution in [0.1, 0.15) is 11.1 Å². The van der Waals surface area contributed by atoms with Crippen molar-refractivity contribution in [1.82, 2.24) is 0 Å². The van der Waals surface area contributed by atoms with Gasteiger partial charge < -0.3 is 10.5 Å². The molecule has 0 amide bonds. The topological polar surface area (TPSA) is 35.2 Å². The Morgan fingerprint density at radius 1 is 1.25 bits per heavy atom. The maximum Gasteiger partial charge on any atom is 0.142 e. The van der Waals surface area contributed by atoms with Crippen molar-refractivity contribution in [2.24, 2.45) is 5.73 Å². The summed E-state index contributed by atoms with van der Waals surface area (Å²) >= 11 is 16.7. The summed E-state index contributed by atoms with van der Waals surface area (Å²) in [5, 5.41) is 0.525. The lowest BCUT2D eigenvalue weighted by Crippen LogP contribution is -2.11. The summed E-state index contributed by atoms with van der Waals surface area (Å²) in [5.74, 6) is -0.0567. The van der Waals surface area contributed by atoms with Gasteiger partial charge in [0.2, 0.25) is 0 Å². The Labute approximate surface area is 131 Å². The molecule has 104 valence electrons. The lowest BCUT2D eigenvalue weighted by atomic mass is 10.2. The van der Waals surface area contributed by atoms with E-state index in [-0.39, 0.29) is 16.6 Å². The van der Waals surface area contributed by atoms with Crippen molar-refractivity contribution < 1.29 is 9.13 Å². The normalized spacial score (nSPS) is 10.3. The Balaban J connectivity index is 2.24. The molecule has 0 aromatic heterocycles. The number of hydrogen-bond acceptors (Lipinski definition) is 2. The Morgan fingerprint density at radius 3 is 2.70 bits per heavy atom. The predicted octanol–water partition coefficient (Wildman–Crippen LogP) is 4.35. The summed E-state index contributed by atoms with van der Waals surface area (Å²) in [6, 6.07) is 9.46. The molecule has 2 aromatic rings. The second-order valence-electron chi connectivity index (χ2n) is 4.01. The molecule has 0 aliphatic carbocycles. The molecule has 0 heterocycles. The van der Waals surface area contributed by atoms with E-state index in [4.69, 9.17) is 45.9 Å². The zero-order valence-electron chi connectivity index (χ0n) is 10.2. The summed E-state index contributed by atoms with van der Waals surface area (Å²) in [5.41, 5.74) is 6.70. The van der Waals surface area contributed by atoms with Gasteiger partial charge in [-0.05, 0) is 24.3 Å². The van der Waals surface area contributed by atoms with Crippen molar-refractivity contribution in [2.45, 2.75) is 6.61 Å². The largest absolute Gasteiger partial charge is 0.488 e. The van der Waals surface area contributed by atoms with Crippen molar-refractivity contribution in [3.05, 3.63) is 63.4 Å². The van der Waals surface area contributed by atoms with Crippen LogP contribution >= 0.6 is 35.4 Å². The van der Waals surface area contributed by atoms with Crippen molar-refractivity contribution in [3.63, 3.8) is 0 Å². The highest BCUT2D eigenvalue weighted by atomic mass is 35.5. The quantitative estimate of drug-likeness (QED) is 0.847. The van der Waals surface area contributed by atoms with Gasteiger partial charge in [0.15, 0.2) is 0 Å². The van der Waals surface area contributed by atoms with Crippen molar-refractivity contribution in [1.29, 1.82) is 0 Å². The molecule has 2 rings (SSSR count). The Hall–Kier alpha value is -1.36. The van der Waals surface area contributed by atoms with Crippen LogP contribution in [0.2, 0.25) is 10.0 Å². The van der Waals surface area contributed by atoms with Crippen LogP contribution in [0.25, 0.3) is 0 Å². The van der Waals surface area contributed by atoms with E-state index in [2.05, 4.69) is 0 Å². The van der Waals surface area contributed by atoms with Gasteiger partial charge in [0.05, 0.1) is 10.6 Å². The minimum absolute atomic E-state index is 0.0337. The molecule has 0 saturated heterocycles. The molecule has 2 N–H and O–H groups in total. The fourth-order valence-corrected chi connectivity index (χ4v) is 2.15. The first-order valence-corrected chi connectivity index (χ1v) is 6.80. The number of nitrogens with two attached hydrogens (primary N) is 1. The number of halogens is 3. The average molecular weight is 330 g/mol. The first kappa shape index (κ1) is 15.0. The molecule has 2 aromatic carbocycles. The average Bonchev–Trinajstić information content (AvgIpc) is 2.40. The van der Waals surface area contributed by atoms with Crippen LogP contribution < -0.4 is 10.5 Å². The van der Waals surface area contributed by atoms with Gasteiger partial charge in [-0.1, -0.05) is 47.6 Å². The van der Waals surface area contributed by atoms with Crippen LogP contribution in [0.3, 0.4) is 0 Å².